The van der Waals surface area contributed by atoms with Gasteiger partial charge in [0.25, 0.3) is 0 Å². The summed E-state index contributed by atoms with van der Waals surface area (Å²) >= 11 is 0. The number of carbonyl (C=O) groups is 3. The predicted octanol–water partition coefficient (Wildman–Crippen LogP) is 18.1. The number of unbranched alkanes of at least 4 members (excludes halogenated alkanes) is 35. The summed E-state index contributed by atoms with van der Waals surface area (Å²) < 4.78 is 16.8. The molecule has 0 saturated carbocycles. The molecule has 6 nitrogen and oxygen atoms in total. The molecule has 0 fully saturated rings. The highest BCUT2D eigenvalue weighted by Gasteiger charge is 2.19. The molecule has 0 heterocycles. The van der Waals surface area contributed by atoms with Gasteiger partial charge in [-0.2, -0.15) is 0 Å². The summed E-state index contributed by atoms with van der Waals surface area (Å²) in [6, 6.07) is 0. The zero-order valence-corrected chi connectivity index (χ0v) is 42.5. The van der Waals surface area contributed by atoms with E-state index in [2.05, 4.69) is 34.6 Å². The normalized spacial score (nSPS) is 12.0. The highest BCUT2D eigenvalue weighted by Crippen LogP contribution is 2.18. The molecule has 6 heteroatoms. The standard InChI is InChI=1S/C56H108O6/c1-6-7-8-9-10-11-12-22-26-33-38-43-48-56(59)62-53(50-61-55(58)47-42-37-32-28-27-30-35-40-45-52(4)5)49-60-54(57)46-41-36-31-25-23-20-18-16-14-13-15-17-19-21-24-29-34-39-44-51(2)3/h51-53H,6-50H2,1-5H3/t53-/m0/s1. The van der Waals surface area contributed by atoms with Gasteiger partial charge in [-0.05, 0) is 31.1 Å². The van der Waals surface area contributed by atoms with Gasteiger partial charge in [0.2, 0.25) is 0 Å². The Morgan fingerprint density at radius 3 is 0.790 bits per heavy atom. The van der Waals surface area contributed by atoms with E-state index in [1.165, 1.54) is 199 Å². The zero-order chi connectivity index (χ0) is 45.4. The first-order valence-corrected chi connectivity index (χ1v) is 27.7. The number of carbonyl (C=O) groups excluding carboxylic acids is 3. The summed E-state index contributed by atoms with van der Waals surface area (Å²) in [5.41, 5.74) is 0. The summed E-state index contributed by atoms with van der Waals surface area (Å²) in [4.78, 5) is 38.0. The van der Waals surface area contributed by atoms with Crippen LogP contribution in [0, 0.1) is 11.8 Å². The quantitative estimate of drug-likeness (QED) is 0.0344. The van der Waals surface area contributed by atoms with Gasteiger partial charge < -0.3 is 14.2 Å². The second kappa shape index (κ2) is 48.9. The molecule has 0 rings (SSSR count). The van der Waals surface area contributed by atoms with Crippen molar-refractivity contribution in [1.29, 1.82) is 0 Å². The lowest BCUT2D eigenvalue weighted by molar-refractivity contribution is -0.167. The summed E-state index contributed by atoms with van der Waals surface area (Å²) in [5.74, 6) is 0.810. The summed E-state index contributed by atoms with van der Waals surface area (Å²) in [5, 5.41) is 0. The Kier molecular flexibility index (Phi) is 47.6. The average molecular weight is 877 g/mol. The van der Waals surface area contributed by atoms with Gasteiger partial charge in [-0.25, -0.2) is 0 Å². The maximum atomic E-state index is 12.8. The fraction of sp³-hybridized carbons (Fsp3) is 0.946. The first kappa shape index (κ1) is 60.4. The second-order valence-corrected chi connectivity index (χ2v) is 20.2. The molecule has 0 aliphatic rings. The molecule has 0 spiro atoms. The zero-order valence-electron chi connectivity index (χ0n) is 42.5. The van der Waals surface area contributed by atoms with E-state index in [0.29, 0.717) is 19.3 Å². The molecule has 0 amide bonds. The van der Waals surface area contributed by atoms with Gasteiger partial charge in [-0.3, -0.25) is 14.4 Å². The minimum Gasteiger partial charge on any atom is -0.462 e. The van der Waals surface area contributed by atoms with Gasteiger partial charge in [0.1, 0.15) is 13.2 Å². The van der Waals surface area contributed by atoms with E-state index in [4.69, 9.17) is 14.2 Å². The van der Waals surface area contributed by atoms with Crippen LogP contribution in [-0.4, -0.2) is 37.2 Å². The number of rotatable bonds is 50. The van der Waals surface area contributed by atoms with E-state index in [0.717, 1.165) is 69.6 Å². The highest BCUT2D eigenvalue weighted by molar-refractivity contribution is 5.71. The van der Waals surface area contributed by atoms with Crippen molar-refractivity contribution in [2.24, 2.45) is 11.8 Å². The predicted molar refractivity (Wildman–Crippen MR) is 266 cm³/mol. The Labute approximate surface area is 387 Å². The summed E-state index contributed by atoms with van der Waals surface area (Å²) in [7, 11) is 0. The summed E-state index contributed by atoms with van der Waals surface area (Å²) in [6.07, 6.45) is 51.0. The third-order valence-electron chi connectivity index (χ3n) is 12.7. The van der Waals surface area contributed by atoms with Crippen LogP contribution in [0.4, 0.5) is 0 Å². The van der Waals surface area contributed by atoms with Crippen molar-refractivity contribution < 1.29 is 28.6 Å². The average Bonchev–Trinajstić information content (AvgIpc) is 3.24. The molecule has 1 atom stereocenters. The van der Waals surface area contributed by atoms with E-state index in [1.807, 2.05) is 0 Å². The van der Waals surface area contributed by atoms with E-state index in [-0.39, 0.29) is 31.1 Å². The molecule has 62 heavy (non-hydrogen) atoms. The Bertz CT molecular complexity index is 947. The summed E-state index contributed by atoms with van der Waals surface area (Å²) in [6.45, 7) is 11.4. The Morgan fingerprint density at radius 1 is 0.306 bits per heavy atom. The van der Waals surface area contributed by atoms with E-state index < -0.39 is 6.10 Å². The molecular formula is C56H108O6. The fourth-order valence-corrected chi connectivity index (χ4v) is 8.52. The number of hydrogen-bond donors (Lipinski definition) is 0. The van der Waals surface area contributed by atoms with Crippen LogP contribution in [0.2, 0.25) is 0 Å². The smallest absolute Gasteiger partial charge is 0.306 e. The van der Waals surface area contributed by atoms with Crippen LogP contribution in [0.3, 0.4) is 0 Å². The van der Waals surface area contributed by atoms with Crippen LogP contribution in [0.1, 0.15) is 311 Å². The Hall–Kier alpha value is -1.59. The second-order valence-electron chi connectivity index (χ2n) is 20.2. The van der Waals surface area contributed by atoms with E-state index in [9.17, 15) is 14.4 Å². The SMILES string of the molecule is CCCCCCCCCCCCCCC(=O)O[C@@H](COC(=O)CCCCCCCCCCCCCCCCCCCCC(C)C)COC(=O)CCCCCCCCCCC(C)C. The first-order valence-electron chi connectivity index (χ1n) is 27.7. The van der Waals surface area contributed by atoms with Gasteiger partial charge in [0, 0.05) is 19.3 Å². The minimum atomic E-state index is -0.762. The maximum Gasteiger partial charge on any atom is 0.306 e. The van der Waals surface area contributed by atoms with Crippen molar-refractivity contribution in [3.8, 4) is 0 Å². The van der Waals surface area contributed by atoms with Crippen molar-refractivity contribution in [2.45, 2.75) is 317 Å². The van der Waals surface area contributed by atoms with Crippen LogP contribution >= 0.6 is 0 Å². The van der Waals surface area contributed by atoms with Gasteiger partial charge in [0.15, 0.2) is 6.10 Å². The van der Waals surface area contributed by atoms with Crippen LogP contribution in [-0.2, 0) is 28.6 Å². The van der Waals surface area contributed by atoms with Crippen molar-refractivity contribution in [2.75, 3.05) is 13.2 Å². The molecule has 0 saturated heterocycles. The minimum absolute atomic E-state index is 0.0633. The fourth-order valence-electron chi connectivity index (χ4n) is 8.52. The molecule has 0 aromatic rings. The van der Waals surface area contributed by atoms with Crippen LogP contribution in [0.25, 0.3) is 0 Å². The lowest BCUT2D eigenvalue weighted by atomic mass is 10.0. The van der Waals surface area contributed by atoms with Gasteiger partial charge in [0.05, 0.1) is 0 Å². The van der Waals surface area contributed by atoms with Crippen molar-refractivity contribution in [3.63, 3.8) is 0 Å². The van der Waals surface area contributed by atoms with E-state index >= 15 is 0 Å². The number of ether oxygens (including phenoxy) is 3. The van der Waals surface area contributed by atoms with Gasteiger partial charge in [-0.15, -0.1) is 0 Å². The maximum absolute atomic E-state index is 12.8. The molecule has 0 unspecified atom stereocenters. The lowest BCUT2D eigenvalue weighted by Crippen LogP contribution is -2.30. The topological polar surface area (TPSA) is 78.9 Å². The van der Waals surface area contributed by atoms with Crippen LogP contribution in [0.15, 0.2) is 0 Å². The molecular weight excluding hydrogens is 769 g/mol. The third kappa shape index (κ3) is 49.4. The molecule has 0 N–H and O–H groups in total. The first-order chi connectivity index (χ1) is 30.2. The molecule has 0 bridgehead atoms. The monoisotopic (exact) mass is 877 g/mol. The van der Waals surface area contributed by atoms with Crippen LogP contribution in [0.5, 0.6) is 0 Å². The molecule has 0 aliphatic heterocycles. The van der Waals surface area contributed by atoms with Crippen molar-refractivity contribution in [3.05, 3.63) is 0 Å². The molecule has 0 aromatic carbocycles. The molecule has 0 aromatic heterocycles. The van der Waals surface area contributed by atoms with E-state index in [1.54, 1.807) is 0 Å². The Balaban J connectivity index is 4.20. The number of hydrogen-bond acceptors (Lipinski definition) is 6. The van der Waals surface area contributed by atoms with Crippen molar-refractivity contribution in [1.82, 2.24) is 0 Å². The molecule has 368 valence electrons. The third-order valence-corrected chi connectivity index (χ3v) is 12.7. The van der Waals surface area contributed by atoms with Gasteiger partial charge >= 0.3 is 17.9 Å². The molecule has 0 aliphatic carbocycles. The molecule has 0 radical (unpaired) electrons. The lowest BCUT2D eigenvalue weighted by Gasteiger charge is -2.18. The number of esters is 3. The largest absolute Gasteiger partial charge is 0.462 e. The Morgan fingerprint density at radius 2 is 0.532 bits per heavy atom. The highest BCUT2D eigenvalue weighted by atomic mass is 16.6. The van der Waals surface area contributed by atoms with Crippen LogP contribution < -0.4 is 0 Å². The van der Waals surface area contributed by atoms with Gasteiger partial charge in [-0.1, -0.05) is 272 Å². The van der Waals surface area contributed by atoms with Crippen molar-refractivity contribution >= 4 is 17.9 Å².